The van der Waals surface area contributed by atoms with Crippen LogP contribution in [0.5, 0.6) is 0 Å². The first-order valence-corrected chi connectivity index (χ1v) is 6.23. The van der Waals surface area contributed by atoms with Crippen LogP contribution in [-0.2, 0) is 11.3 Å². The van der Waals surface area contributed by atoms with E-state index in [1.807, 2.05) is 19.2 Å². The molecule has 2 rings (SSSR count). The summed E-state index contributed by atoms with van der Waals surface area (Å²) in [5.74, 6) is 0.115. The third-order valence-electron chi connectivity index (χ3n) is 3.50. The quantitative estimate of drug-likeness (QED) is 0.822. The van der Waals surface area contributed by atoms with E-state index < -0.39 is 0 Å². The van der Waals surface area contributed by atoms with Crippen LogP contribution in [0.4, 0.5) is 0 Å². The topological polar surface area (TPSA) is 62.5 Å². The summed E-state index contributed by atoms with van der Waals surface area (Å²) in [6, 6.07) is 4.05. The van der Waals surface area contributed by atoms with Gasteiger partial charge in [0.15, 0.2) is 0 Å². The summed E-state index contributed by atoms with van der Waals surface area (Å²) in [4.78, 5) is 20.0. The monoisotopic (exact) mass is 248 g/mol. The number of nitrogens with two attached hydrogens (primary N) is 1. The van der Waals surface area contributed by atoms with Gasteiger partial charge in [-0.05, 0) is 24.6 Å². The standard InChI is InChI=1S/C13H20N4O/c1-10-8-16(2)13(18)12(7-14)17(10)9-11-3-5-15-6-4-11/h3-6,10,12H,7-9,14H2,1-2H3. The van der Waals surface area contributed by atoms with Crippen LogP contribution in [0, 0.1) is 0 Å². The Hall–Kier alpha value is -1.46. The van der Waals surface area contributed by atoms with E-state index in [9.17, 15) is 4.79 Å². The summed E-state index contributed by atoms with van der Waals surface area (Å²) in [7, 11) is 1.84. The number of hydrogen-bond acceptors (Lipinski definition) is 4. The number of rotatable bonds is 3. The van der Waals surface area contributed by atoms with Gasteiger partial charge in [0.25, 0.3) is 0 Å². The zero-order valence-electron chi connectivity index (χ0n) is 10.9. The summed E-state index contributed by atoms with van der Waals surface area (Å²) in [5, 5.41) is 0. The van der Waals surface area contributed by atoms with Crippen molar-refractivity contribution in [2.24, 2.45) is 5.73 Å². The molecule has 0 aromatic carbocycles. The molecule has 1 fully saturated rings. The van der Waals surface area contributed by atoms with Gasteiger partial charge in [0.1, 0.15) is 6.04 Å². The maximum absolute atomic E-state index is 12.1. The predicted octanol–water partition coefficient (Wildman–Crippen LogP) is 0.0714. The van der Waals surface area contributed by atoms with Gasteiger partial charge in [-0.3, -0.25) is 14.7 Å². The highest BCUT2D eigenvalue weighted by atomic mass is 16.2. The van der Waals surface area contributed by atoms with Gasteiger partial charge in [0, 0.05) is 45.1 Å². The molecule has 2 unspecified atom stereocenters. The molecule has 1 aromatic heterocycles. The van der Waals surface area contributed by atoms with Crippen LogP contribution < -0.4 is 5.73 Å². The summed E-state index contributed by atoms with van der Waals surface area (Å²) < 4.78 is 0. The van der Waals surface area contributed by atoms with E-state index in [0.29, 0.717) is 12.6 Å². The lowest BCUT2D eigenvalue weighted by Crippen LogP contribution is -2.61. The van der Waals surface area contributed by atoms with E-state index in [0.717, 1.165) is 18.7 Å². The Labute approximate surface area is 108 Å². The highest BCUT2D eigenvalue weighted by Gasteiger charge is 2.36. The molecule has 0 radical (unpaired) electrons. The van der Waals surface area contributed by atoms with Gasteiger partial charge in [-0.1, -0.05) is 0 Å². The van der Waals surface area contributed by atoms with Crippen LogP contribution in [0.2, 0.25) is 0 Å². The predicted molar refractivity (Wildman–Crippen MR) is 69.7 cm³/mol. The average molecular weight is 248 g/mol. The molecule has 0 saturated carbocycles. The number of pyridine rings is 1. The summed E-state index contributed by atoms with van der Waals surface area (Å²) in [6.45, 7) is 3.98. The van der Waals surface area contributed by atoms with Crippen molar-refractivity contribution in [1.29, 1.82) is 0 Å². The Morgan fingerprint density at radius 3 is 2.72 bits per heavy atom. The SMILES string of the molecule is CC1CN(C)C(=O)C(CN)N1Cc1ccncc1. The Morgan fingerprint density at radius 1 is 1.44 bits per heavy atom. The highest BCUT2D eigenvalue weighted by molar-refractivity contribution is 5.82. The van der Waals surface area contributed by atoms with E-state index in [2.05, 4.69) is 16.8 Å². The lowest BCUT2D eigenvalue weighted by Gasteiger charge is -2.43. The third-order valence-corrected chi connectivity index (χ3v) is 3.50. The van der Waals surface area contributed by atoms with Crippen molar-refractivity contribution in [3.05, 3.63) is 30.1 Å². The zero-order chi connectivity index (χ0) is 13.1. The van der Waals surface area contributed by atoms with E-state index in [4.69, 9.17) is 5.73 Å². The minimum Gasteiger partial charge on any atom is -0.343 e. The smallest absolute Gasteiger partial charge is 0.241 e. The van der Waals surface area contributed by atoms with Crippen LogP contribution in [0.3, 0.4) is 0 Å². The second kappa shape index (κ2) is 5.46. The molecule has 0 bridgehead atoms. The highest BCUT2D eigenvalue weighted by Crippen LogP contribution is 2.18. The second-order valence-electron chi connectivity index (χ2n) is 4.85. The second-order valence-corrected chi connectivity index (χ2v) is 4.85. The van der Waals surface area contributed by atoms with Gasteiger partial charge in [0.2, 0.25) is 5.91 Å². The van der Waals surface area contributed by atoms with Crippen molar-refractivity contribution < 1.29 is 4.79 Å². The fourth-order valence-corrected chi connectivity index (χ4v) is 2.50. The maximum atomic E-state index is 12.1. The largest absolute Gasteiger partial charge is 0.343 e. The zero-order valence-corrected chi connectivity index (χ0v) is 10.9. The molecule has 1 amide bonds. The normalized spacial score (nSPS) is 25.5. The van der Waals surface area contributed by atoms with Crippen LogP contribution in [0.15, 0.2) is 24.5 Å². The molecule has 2 heterocycles. The van der Waals surface area contributed by atoms with E-state index >= 15 is 0 Å². The molecule has 5 nitrogen and oxygen atoms in total. The number of carbonyl (C=O) groups excluding carboxylic acids is 1. The van der Waals surface area contributed by atoms with Crippen LogP contribution in [0.1, 0.15) is 12.5 Å². The lowest BCUT2D eigenvalue weighted by molar-refractivity contribution is -0.142. The van der Waals surface area contributed by atoms with Gasteiger partial charge in [-0.2, -0.15) is 0 Å². The molecular weight excluding hydrogens is 228 g/mol. The van der Waals surface area contributed by atoms with Crippen molar-refractivity contribution in [3.8, 4) is 0 Å². The molecule has 1 saturated heterocycles. The number of aromatic nitrogens is 1. The van der Waals surface area contributed by atoms with Crippen molar-refractivity contribution in [3.63, 3.8) is 0 Å². The number of hydrogen-bond donors (Lipinski definition) is 1. The summed E-state index contributed by atoms with van der Waals surface area (Å²) in [5.41, 5.74) is 6.92. The maximum Gasteiger partial charge on any atom is 0.241 e. The number of amides is 1. The van der Waals surface area contributed by atoms with Crippen LogP contribution in [-0.4, -0.2) is 52.9 Å². The fourth-order valence-electron chi connectivity index (χ4n) is 2.50. The number of likely N-dealkylation sites (N-methyl/N-ethyl adjacent to an activating group) is 1. The fraction of sp³-hybridized carbons (Fsp3) is 0.538. The number of carbonyl (C=O) groups is 1. The van der Waals surface area contributed by atoms with Crippen molar-refractivity contribution in [1.82, 2.24) is 14.8 Å². The first-order chi connectivity index (χ1) is 8.63. The summed E-state index contributed by atoms with van der Waals surface area (Å²) in [6.07, 6.45) is 3.55. The molecule has 0 spiro atoms. The Kier molecular flexibility index (Phi) is 3.93. The Balaban J connectivity index is 2.16. The number of piperazine rings is 1. The molecule has 18 heavy (non-hydrogen) atoms. The lowest BCUT2D eigenvalue weighted by atomic mass is 10.1. The molecular formula is C13H20N4O. The molecule has 1 aromatic rings. The first kappa shape index (κ1) is 13.0. The first-order valence-electron chi connectivity index (χ1n) is 6.23. The Morgan fingerprint density at radius 2 is 2.11 bits per heavy atom. The minimum absolute atomic E-state index is 0.115. The molecule has 2 atom stereocenters. The molecule has 5 heteroatoms. The Bertz CT molecular complexity index is 409. The van der Waals surface area contributed by atoms with E-state index in [1.165, 1.54) is 0 Å². The molecule has 2 N–H and O–H groups in total. The van der Waals surface area contributed by atoms with Crippen LogP contribution >= 0.6 is 0 Å². The van der Waals surface area contributed by atoms with Crippen molar-refractivity contribution in [2.75, 3.05) is 20.1 Å². The minimum atomic E-state index is -0.216. The van der Waals surface area contributed by atoms with E-state index in [1.54, 1.807) is 17.3 Å². The molecule has 1 aliphatic rings. The molecule has 1 aliphatic heterocycles. The van der Waals surface area contributed by atoms with Gasteiger partial charge in [-0.15, -0.1) is 0 Å². The average Bonchev–Trinajstić information content (AvgIpc) is 2.37. The van der Waals surface area contributed by atoms with E-state index in [-0.39, 0.29) is 11.9 Å². The van der Waals surface area contributed by atoms with Crippen molar-refractivity contribution >= 4 is 5.91 Å². The van der Waals surface area contributed by atoms with Gasteiger partial charge < -0.3 is 10.6 Å². The van der Waals surface area contributed by atoms with Crippen LogP contribution in [0.25, 0.3) is 0 Å². The van der Waals surface area contributed by atoms with Gasteiger partial charge in [-0.25, -0.2) is 0 Å². The van der Waals surface area contributed by atoms with Gasteiger partial charge in [0.05, 0.1) is 0 Å². The third kappa shape index (κ3) is 2.52. The molecule has 98 valence electrons. The number of nitrogens with zero attached hydrogens (tertiary/aromatic N) is 3. The van der Waals surface area contributed by atoms with Gasteiger partial charge >= 0.3 is 0 Å². The summed E-state index contributed by atoms with van der Waals surface area (Å²) >= 11 is 0. The molecule has 0 aliphatic carbocycles. The van der Waals surface area contributed by atoms with Crippen molar-refractivity contribution in [2.45, 2.75) is 25.6 Å².